The molecular weight excluding hydrogens is 532 g/mol. The van der Waals surface area contributed by atoms with E-state index in [-0.39, 0.29) is 5.73 Å². The highest BCUT2D eigenvalue weighted by atomic mass is 28.4. The molecule has 0 fully saturated rings. The van der Waals surface area contributed by atoms with Gasteiger partial charge >= 0.3 is 20.7 Å². The van der Waals surface area contributed by atoms with Gasteiger partial charge in [-0.15, -0.1) is 0 Å². The van der Waals surface area contributed by atoms with Crippen molar-refractivity contribution in [2.75, 3.05) is 34.0 Å². The lowest BCUT2D eigenvalue weighted by atomic mass is 10.1. The fourth-order valence-corrected chi connectivity index (χ4v) is 6.87. The van der Waals surface area contributed by atoms with Crippen LogP contribution in [0, 0.1) is 0 Å². The third kappa shape index (κ3) is 9.78. The van der Waals surface area contributed by atoms with Crippen LogP contribution in [-0.2, 0) is 22.8 Å². The topological polar surface area (TPSA) is 98.8 Å². The molecule has 1 atom stereocenters. The van der Waals surface area contributed by atoms with E-state index in [1.807, 2.05) is 20.8 Å². The number of rotatable bonds is 18. The third-order valence-electron chi connectivity index (χ3n) is 5.88. The Hall–Kier alpha value is -3.18. The molecule has 40 heavy (non-hydrogen) atoms. The zero-order valence-corrected chi connectivity index (χ0v) is 25.4. The first-order chi connectivity index (χ1) is 19.4. The summed E-state index contributed by atoms with van der Waals surface area (Å²) in [6.07, 6.45) is 6.67. The molecule has 2 rings (SSSR count). The van der Waals surface area contributed by atoms with Gasteiger partial charge in [0, 0.05) is 37.5 Å². The first-order valence-corrected chi connectivity index (χ1v) is 15.5. The molecule has 1 unspecified atom stereocenters. The number of benzene rings is 2. The molecule has 0 aliphatic heterocycles. The van der Waals surface area contributed by atoms with Crippen LogP contribution in [0.15, 0.2) is 48.5 Å². The van der Waals surface area contributed by atoms with E-state index in [1.54, 1.807) is 48.5 Å². The van der Waals surface area contributed by atoms with Gasteiger partial charge in [0.05, 0.1) is 19.8 Å². The van der Waals surface area contributed by atoms with Gasteiger partial charge in [0.15, 0.2) is 5.73 Å². The van der Waals surface area contributed by atoms with Crippen LogP contribution in [0.25, 0.3) is 6.08 Å². The quantitative estimate of drug-likeness (QED) is 0.0696. The Bertz CT molecular complexity index is 1070. The van der Waals surface area contributed by atoms with Crippen LogP contribution >= 0.6 is 0 Å². The second-order valence-corrected chi connectivity index (χ2v) is 11.4. The number of carbonyl (C=O) groups is 2. The van der Waals surface area contributed by atoms with Crippen LogP contribution in [0.1, 0.15) is 69.3 Å². The maximum absolute atomic E-state index is 12.8. The van der Waals surface area contributed by atoms with Gasteiger partial charge in [0.2, 0.25) is 0 Å². The summed E-state index contributed by atoms with van der Waals surface area (Å²) in [5.74, 6) is 0.298. The predicted molar refractivity (Wildman–Crippen MR) is 155 cm³/mol. The molecule has 0 saturated heterocycles. The summed E-state index contributed by atoms with van der Waals surface area (Å²) in [7, 11) is -0.338. The Morgan fingerprint density at radius 1 is 0.850 bits per heavy atom. The molecule has 0 amide bonds. The monoisotopic (exact) mass is 574 g/mol. The number of ether oxygens (including phenoxy) is 4. The van der Waals surface area contributed by atoms with Crippen LogP contribution in [0.2, 0.25) is 0 Å². The first-order valence-electron chi connectivity index (χ1n) is 13.7. The average molecular weight is 575 g/mol. The highest BCUT2D eigenvalue weighted by Gasteiger charge is 2.51. The Balaban J connectivity index is 2.19. The van der Waals surface area contributed by atoms with E-state index in [0.29, 0.717) is 48.2 Å². The fraction of sp³-hybridized carbons (Fsp3) is 0.467. The summed E-state index contributed by atoms with van der Waals surface area (Å²) < 4.78 is 40.3. The molecule has 0 spiro atoms. The van der Waals surface area contributed by atoms with Gasteiger partial charge in [-0.25, -0.2) is 9.59 Å². The standard InChI is InChI=1S/C30H42O9Si/c1-7-11-12-13-29(40(35-8-2,36-9-3)37-10-4)38-25-18-15-24(16-19-25)30(32)39-26-20-14-23(27(22-26)33-5)17-21-28(31)34-6/h14-22,29H,7-13H2,1-6H3/b21-17+. The fourth-order valence-electron chi connectivity index (χ4n) is 4.01. The second kappa shape index (κ2) is 17.5. The van der Waals surface area contributed by atoms with Crippen molar-refractivity contribution in [3.63, 3.8) is 0 Å². The van der Waals surface area contributed by atoms with Gasteiger partial charge in [-0.1, -0.05) is 19.8 Å². The number of esters is 2. The Morgan fingerprint density at radius 2 is 1.48 bits per heavy atom. The van der Waals surface area contributed by atoms with E-state index in [2.05, 4.69) is 11.7 Å². The Kier molecular flexibility index (Phi) is 14.4. The van der Waals surface area contributed by atoms with E-state index < -0.39 is 20.7 Å². The molecule has 0 bridgehead atoms. The highest BCUT2D eigenvalue weighted by Crippen LogP contribution is 2.28. The molecule has 0 aliphatic carbocycles. The van der Waals surface area contributed by atoms with E-state index in [9.17, 15) is 9.59 Å². The van der Waals surface area contributed by atoms with Gasteiger partial charge in [-0.05, 0) is 76.1 Å². The molecule has 0 radical (unpaired) electrons. The van der Waals surface area contributed by atoms with Crippen molar-refractivity contribution in [3.05, 3.63) is 59.7 Å². The minimum Gasteiger partial charge on any atom is -0.496 e. The molecule has 10 heteroatoms. The SMILES string of the molecule is CCCCCC(Oc1ccc(C(=O)Oc2ccc(/C=C/C(=O)OC)c(OC)c2)cc1)[Si](OCC)(OCC)OCC. The van der Waals surface area contributed by atoms with Gasteiger partial charge in [0.1, 0.15) is 17.2 Å². The maximum atomic E-state index is 12.8. The molecule has 0 heterocycles. The van der Waals surface area contributed by atoms with Crippen molar-refractivity contribution in [1.29, 1.82) is 0 Å². The molecule has 220 valence electrons. The molecule has 0 saturated carbocycles. The van der Waals surface area contributed by atoms with Crippen LogP contribution < -0.4 is 14.2 Å². The molecular formula is C30H42O9Si. The van der Waals surface area contributed by atoms with Crippen LogP contribution in [0.3, 0.4) is 0 Å². The summed E-state index contributed by atoms with van der Waals surface area (Å²) in [5.41, 5.74) is 0.607. The predicted octanol–water partition coefficient (Wildman–Crippen LogP) is 6.02. The summed E-state index contributed by atoms with van der Waals surface area (Å²) in [6, 6.07) is 11.6. The first kappa shape index (κ1) is 33.0. The smallest absolute Gasteiger partial charge is 0.496 e. The number of methoxy groups -OCH3 is 2. The number of hydrogen-bond donors (Lipinski definition) is 0. The molecule has 2 aromatic carbocycles. The third-order valence-corrected chi connectivity index (χ3v) is 9.15. The second-order valence-electron chi connectivity index (χ2n) is 8.68. The van der Waals surface area contributed by atoms with Gasteiger partial charge in [-0.3, -0.25) is 0 Å². The molecule has 2 aromatic rings. The zero-order chi connectivity index (χ0) is 29.4. The van der Waals surface area contributed by atoms with Crippen molar-refractivity contribution in [3.8, 4) is 17.2 Å². The van der Waals surface area contributed by atoms with Crippen molar-refractivity contribution < 1.29 is 41.8 Å². The van der Waals surface area contributed by atoms with Crippen molar-refractivity contribution >= 4 is 26.8 Å². The average Bonchev–Trinajstić information content (AvgIpc) is 2.96. The molecule has 0 aromatic heterocycles. The summed E-state index contributed by atoms with van der Waals surface area (Å²) in [4.78, 5) is 24.2. The van der Waals surface area contributed by atoms with Crippen molar-refractivity contribution in [2.45, 2.75) is 59.1 Å². The maximum Gasteiger partial charge on any atom is 0.543 e. The van der Waals surface area contributed by atoms with E-state index >= 15 is 0 Å². The normalized spacial score (nSPS) is 12.2. The van der Waals surface area contributed by atoms with Crippen molar-refractivity contribution in [2.24, 2.45) is 0 Å². The van der Waals surface area contributed by atoms with E-state index in [1.165, 1.54) is 20.3 Å². The van der Waals surface area contributed by atoms with Crippen LogP contribution in [-0.4, -0.2) is 60.5 Å². The minimum atomic E-state index is -3.13. The lowest BCUT2D eigenvalue weighted by Crippen LogP contribution is -2.59. The molecule has 0 aliphatic rings. The lowest BCUT2D eigenvalue weighted by molar-refractivity contribution is -0.134. The van der Waals surface area contributed by atoms with Crippen LogP contribution in [0.4, 0.5) is 0 Å². The Labute approximate surface area is 238 Å². The molecule has 9 nitrogen and oxygen atoms in total. The van der Waals surface area contributed by atoms with Gasteiger partial charge in [-0.2, -0.15) is 0 Å². The Morgan fingerprint density at radius 3 is 2.02 bits per heavy atom. The van der Waals surface area contributed by atoms with E-state index in [4.69, 9.17) is 27.5 Å². The summed E-state index contributed by atoms with van der Waals surface area (Å²) in [6.45, 7) is 9.29. The minimum absolute atomic E-state index is 0.300. The largest absolute Gasteiger partial charge is 0.543 e. The van der Waals surface area contributed by atoms with Crippen LogP contribution in [0.5, 0.6) is 17.2 Å². The summed E-state index contributed by atoms with van der Waals surface area (Å²) in [5, 5.41) is 0. The van der Waals surface area contributed by atoms with Crippen molar-refractivity contribution in [1.82, 2.24) is 0 Å². The summed E-state index contributed by atoms with van der Waals surface area (Å²) >= 11 is 0. The van der Waals surface area contributed by atoms with E-state index in [0.717, 1.165) is 25.7 Å². The highest BCUT2D eigenvalue weighted by molar-refractivity contribution is 6.62. The van der Waals surface area contributed by atoms with Gasteiger partial charge in [0.25, 0.3) is 0 Å². The number of carbonyl (C=O) groups excluding carboxylic acids is 2. The number of unbranched alkanes of at least 4 members (excludes halogenated alkanes) is 2. The zero-order valence-electron chi connectivity index (χ0n) is 24.4. The lowest BCUT2D eigenvalue weighted by Gasteiger charge is -2.35. The molecule has 0 N–H and O–H groups in total. The van der Waals surface area contributed by atoms with Gasteiger partial charge < -0.3 is 32.2 Å². The number of hydrogen-bond acceptors (Lipinski definition) is 9.